The monoisotopic (exact) mass is 320 g/mol. The first kappa shape index (κ1) is 13.5. The van der Waals surface area contributed by atoms with Gasteiger partial charge in [-0.3, -0.25) is 0 Å². The molecule has 5 rings (SSSR count). The maximum absolute atomic E-state index is 12.3. The molecule has 4 heterocycles. The van der Waals surface area contributed by atoms with Gasteiger partial charge in [-0.1, -0.05) is 0 Å². The van der Waals surface area contributed by atoms with Crippen molar-refractivity contribution in [2.24, 2.45) is 5.10 Å². The first-order valence-electron chi connectivity index (χ1n) is 6.95. The topological polar surface area (TPSA) is 88.1 Å². The van der Waals surface area contributed by atoms with Crippen LogP contribution in [0.1, 0.15) is 26.2 Å². The molecule has 4 fully saturated rings. The van der Waals surface area contributed by atoms with Gasteiger partial charge in [0.1, 0.15) is 0 Å². The molecule has 0 atom stereocenters. The van der Waals surface area contributed by atoms with E-state index in [0.717, 1.165) is 24.0 Å². The third-order valence-electron chi connectivity index (χ3n) is 3.88. The number of carbonyl (C=O) groups is 1. The zero-order chi connectivity index (χ0) is 14.7. The van der Waals surface area contributed by atoms with Crippen LogP contribution in [0.3, 0.4) is 0 Å². The van der Waals surface area contributed by atoms with Gasteiger partial charge in [0.2, 0.25) is 0 Å². The number of carbonyl (C=O) groups excluding carboxylic acids is 1. The Morgan fingerprint density at radius 2 is 1.86 bits per heavy atom. The van der Waals surface area contributed by atoms with E-state index in [4.69, 9.17) is 27.6 Å². The molecule has 0 N–H and O–H groups in total. The average Bonchev–Trinajstić information content (AvgIpc) is 2.71. The maximum atomic E-state index is 12.3. The molecule has 4 aliphatic heterocycles. The molecule has 4 bridgehead atoms. The van der Waals surface area contributed by atoms with Crippen molar-refractivity contribution < 1.29 is 32.4 Å². The van der Waals surface area contributed by atoms with Gasteiger partial charge in [0.15, 0.2) is 0 Å². The van der Waals surface area contributed by atoms with Crippen molar-refractivity contribution in [1.82, 2.24) is 4.78 Å². The number of hydrogen-bond donors (Lipinski definition) is 0. The van der Waals surface area contributed by atoms with Gasteiger partial charge in [-0.15, -0.1) is 0 Å². The molecule has 0 radical (unpaired) electrons. The number of methoxy groups -OCH3 is 1. The van der Waals surface area contributed by atoms with E-state index >= 15 is 0 Å². The van der Waals surface area contributed by atoms with Gasteiger partial charge in [0, 0.05) is 0 Å². The van der Waals surface area contributed by atoms with Gasteiger partial charge < -0.3 is 0 Å². The Hall–Kier alpha value is -1.15. The number of amides is 1. The Bertz CT molecular complexity index is 487. The van der Waals surface area contributed by atoms with Gasteiger partial charge in [-0.2, -0.15) is 0 Å². The second kappa shape index (κ2) is 4.19. The number of ether oxygens (including phenoxy) is 2. The molecule has 0 aromatic rings. The molecule has 1 spiro atoms. The summed E-state index contributed by atoms with van der Waals surface area (Å²) in [7, 11) is -2.93. The standard InChI is InChI=1S/C11H17N2O7P/c1-3-16-11(14)13-12-10(15-2)20-21(13)17-7-4-8(18-21)6-9(5-7)19-21/h7-9H,3-6H2,1-2H3. The SMILES string of the molecule is CCOC(=O)N1N=C(OC)OP123OC1CC(CC(C1)O2)O3. The Kier molecular flexibility index (Phi) is 2.70. The molecule has 118 valence electrons. The van der Waals surface area contributed by atoms with Crippen molar-refractivity contribution in [3.8, 4) is 0 Å². The first-order valence-corrected chi connectivity index (χ1v) is 8.82. The van der Waals surface area contributed by atoms with Crippen LogP contribution in [-0.2, 0) is 27.6 Å². The van der Waals surface area contributed by atoms with Gasteiger partial charge >= 0.3 is 120 Å². The molecule has 0 aromatic carbocycles. The predicted molar refractivity (Wildman–Crippen MR) is 69.8 cm³/mol. The Balaban J connectivity index is 1.76. The molecule has 10 heteroatoms. The molecule has 0 unspecified atom stereocenters. The summed E-state index contributed by atoms with van der Waals surface area (Å²) in [5.41, 5.74) is 0. The fourth-order valence-corrected chi connectivity index (χ4v) is 6.77. The molecule has 1 amide bonds. The number of hydrazone groups is 1. The molecule has 3 saturated heterocycles. The molecular formula is C11H17N2O7P. The van der Waals surface area contributed by atoms with E-state index in [1.807, 2.05) is 0 Å². The third-order valence-corrected chi connectivity index (χ3v) is 7.16. The van der Waals surface area contributed by atoms with Gasteiger partial charge in [0.05, 0.1) is 0 Å². The van der Waals surface area contributed by atoms with Crippen LogP contribution in [0.25, 0.3) is 0 Å². The van der Waals surface area contributed by atoms with Crippen molar-refractivity contribution in [2.75, 3.05) is 13.7 Å². The number of rotatable bonds is 1. The summed E-state index contributed by atoms with van der Waals surface area (Å²) in [5, 5.41) is 3.98. The number of hydrogen-bond acceptors (Lipinski definition) is 8. The van der Waals surface area contributed by atoms with Crippen molar-refractivity contribution in [3.63, 3.8) is 0 Å². The van der Waals surface area contributed by atoms with Crippen LogP contribution < -0.4 is 0 Å². The second-order valence-electron chi connectivity index (χ2n) is 5.31. The van der Waals surface area contributed by atoms with E-state index in [1.165, 1.54) is 7.11 Å². The van der Waals surface area contributed by atoms with Crippen LogP contribution in [0.4, 0.5) is 4.79 Å². The van der Waals surface area contributed by atoms with E-state index in [-0.39, 0.29) is 31.0 Å². The molecule has 0 aromatic heterocycles. The minimum absolute atomic E-state index is 0.0720. The van der Waals surface area contributed by atoms with Crippen molar-refractivity contribution in [3.05, 3.63) is 0 Å². The average molecular weight is 320 g/mol. The van der Waals surface area contributed by atoms with Crippen molar-refractivity contribution in [1.29, 1.82) is 0 Å². The third kappa shape index (κ3) is 1.72. The molecule has 21 heavy (non-hydrogen) atoms. The summed E-state index contributed by atoms with van der Waals surface area (Å²) in [6.07, 6.45) is 1.22. The first-order chi connectivity index (χ1) is 10.1. The fraction of sp³-hybridized carbons (Fsp3) is 0.818. The molecule has 1 saturated carbocycles. The van der Waals surface area contributed by atoms with E-state index < -0.39 is 13.8 Å². The van der Waals surface area contributed by atoms with Crippen LogP contribution in [0, 0.1) is 0 Å². The van der Waals surface area contributed by atoms with E-state index in [2.05, 4.69) is 5.10 Å². The Morgan fingerprint density at radius 1 is 1.29 bits per heavy atom. The molecule has 9 nitrogen and oxygen atoms in total. The molecular weight excluding hydrogens is 303 g/mol. The van der Waals surface area contributed by atoms with Crippen LogP contribution in [0.2, 0.25) is 0 Å². The van der Waals surface area contributed by atoms with Gasteiger partial charge in [-0.25, -0.2) is 0 Å². The Morgan fingerprint density at radius 3 is 2.33 bits per heavy atom. The molecule has 5 aliphatic rings. The Labute approximate surface area is 121 Å². The van der Waals surface area contributed by atoms with Crippen LogP contribution in [0.15, 0.2) is 5.10 Å². The van der Waals surface area contributed by atoms with E-state index in [0.29, 0.717) is 0 Å². The predicted octanol–water partition coefficient (Wildman–Crippen LogP) is 1.89. The van der Waals surface area contributed by atoms with Crippen LogP contribution >= 0.6 is 7.66 Å². The zero-order valence-electron chi connectivity index (χ0n) is 11.8. The zero-order valence-corrected chi connectivity index (χ0v) is 12.7. The van der Waals surface area contributed by atoms with Crippen LogP contribution in [-0.4, -0.2) is 49.0 Å². The van der Waals surface area contributed by atoms with E-state index in [1.54, 1.807) is 6.92 Å². The summed E-state index contributed by atoms with van der Waals surface area (Å²) in [6.45, 7) is 1.89. The van der Waals surface area contributed by atoms with Crippen molar-refractivity contribution >= 4 is 19.8 Å². The summed E-state index contributed by atoms with van der Waals surface area (Å²) in [4.78, 5) is 12.3. The molecule has 1 aliphatic carbocycles. The van der Waals surface area contributed by atoms with Gasteiger partial charge in [-0.05, 0) is 0 Å². The number of nitrogens with zero attached hydrogens (tertiary/aromatic N) is 2. The summed E-state index contributed by atoms with van der Waals surface area (Å²) >= 11 is 0. The fourth-order valence-electron chi connectivity index (χ4n) is 3.22. The summed E-state index contributed by atoms with van der Waals surface area (Å²) < 4.78 is 34.6. The summed E-state index contributed by atoms with van der Waals surface area (Å²) in [5.74, 6) is 0. The minimum atomic E-state index is -4.31. The normalized spacial score (nSPS) is 39.3. The van der Waals surface area contributed by atoms with E-state index in [9.17, 15) is 4.79 Å². The quantitative estimate of drug-likeness (QED) is 0.682. The second-order valence-corrected chi connectivity index (χ2v) is 8.05. The van der Waals surface area contributed by atoms with Gasteiger partial charge in [0.25, 0.3) is 0 Å². The summed E-state index contributed by atoms with van der Waals surface area (Å²) in [6, 6.07) is 0. The van der Waals surface area contributed by atoms with Crippen molar-refractivity contribution in [2.45, 2.75) is 44.5 Å². The van der Waals surface area contributed by atoms with Crippen LogP contribution in [0.5, 0.6) is 0 Å².